The van der Waals surface area contributed by atoms with E-state index in [1.54, 1.807) is 0 Å². The maximum Gasteiger partial charge on any atom is 0.321 e. The van der Waals surface area contributed by atoms with Gasteiger partial charge in [-0.2, -0.15) is 0 Å². The minimum Gasteiger partial charge on any atom is -0.337 e. The molecule has 0 spiro atoms. The average molecular weight is 421 g/mol. The van der Waals surface area contributed by atoms with E-state index in [0.29, 0.717) is 25.3 Å². The summed E-state index contributed by atoms with van der Waals surface area (Å²) in [5, 5.41) is 9.77. The lowest BCUT2D eigenvalue weighted by atomic mass is 9.97. The van der Waals surface area contributed by atoms with Gasteiger partial charge >= 0.3 is 12.1 Å². The van der Waals surface area contributed by atoms with E-state index in [9.17, 15) is 19.2 Å². The Balaban J connectivity index is 3.65. The van der Waals surface area contributed by atoms with Crippen molar-refractivity contribution in [2.45, 2.75) is 53.4 Å². The van der Waals surface area contributed by atoms with Gasteiger partial charge in [0.25, 0.3) is 0 Å². The molecule has 0 bridgehead atoms. The summed E-state index contributed by atoms with van der Waals surface area (Å²) in [6.07, 6.45) is 3.12. The zero-order valence-corrected chi connectivity index (χ0v) is 18.2. The van der Waals surface area contributed by atoms with E-state index in [1.807, 2.05) is 27.7 Å². The topological polar surface area (TPSA) is 116 Å². The summed E-state index contributed by atoms with van der Waals surface area (Å²) in [5.41, 5.74) is -0.0512. The zero-order chi connectivity index (χ0) is 20.7. The third-order valence-electron chi connectivity index (χ3n) is 3.04. The van der Waals surface area contributed by atoms with Crippen LogP contribution in [0.4, 0.5) is 9.59 Å². The van der Waals surface area contributed by atoms with E-state index >= 15 is 0 Å². The number of unbranched alkanes of at least 4 members (excludes halogenated alkanes) is 2. The first-order valence-corrected chi connectivity index (χ1v) is 11.5. The van der Waals surface area contributed by atoms with Gasteiger partial charge in [-0.3, -0.25) is 20.2 Å². The van der Waals surface area contributed by atoms with Crippen LogP contribution in [-0.4, -0.2) is 48.5 Å². The van der Waals surface area contributed by atoms with Crippen LogP contribution in [0, 0.1) is 5.41 Å². The van der Waals surface area contributed by atoms with E-state index in [2.05, 4.69) is 21.3 Å². The lowest BCUT2D eigenvalue weighted by Crippen LogP contribution is -2.43. The smallest absolute Gasteiger partial charge is 0.321 e. The number of carbonyl (C=O) groups excluding carboxylic acids is 4. The second-order valence-corrected chi connectivity index (χ2v) is 9.72. The standard InChI is InChI=1S/C17H32N4O4S2/c1-5-6-7-8-13(22)20-15(24)18-9-10-26-27-11-14(23)21-16(25)19-12-17(2,3)4/h5-12H2,1-4H3,(H2,18,20,22,24)(H2,19,21,23,25). The molecule has 0 radical (unpaired) electrons. The summed E-state index contributed by atoms with van der Waals surface area (Å²) in [5.74, 6) is 0.0631. The second kappa shape index (κ2) is 14.6. The maximum atomic E-state index is 11.6. The third kappa shape index (κ3) is 17.7. The summed E-state index contributed by atoms with van der Waals surface area (Å²) in [6, 6.07) is -1.00. The Hall–Kier alpha value is -1.42. The van der Waals surface area contributed by atoms with Gasteiger partial charge < -0.3 is 10.6 Å². The lowest BCUT2D eigenvalue weighted by Gasteiger charge is -2.18. The molecular formula is C17H32N4O4S2. The molecule has 0 unspecified atom stereocenters. The molecule has 156 valence electrons. The van der Waals surface area contributed by atoms with Gasteiger partial charge in [-0.05, 0) is 11.8 Å². The molecule has 0 aromatic rings. The fraction of sp³-hybridized carbons (Fsp3) is 0.765. The Morgan fingerprint density at radius 2 is 1.48 bits per heavy atom. The van der Waals surface area contributed by atoms with E-state index in [0.717, 1.165) is 19.3 Å². The quantitative estimate of drug-likeness (QED) is 0.302. The van der Waals surface area contributed by atoms with Gasteiger partial charge in [0, 0.05) is 25.3 Å². The molecule has 10 heteroatoms. The van der Waals surface area contributed by atoms with Crippen molar-refractivity contribution in [3.8, 4) is 0 Å². The molecule has 0 saturated carbocycles. The van der Waals surface area contributed by atoms with Gasteiger partial charge in [-0.15, -0.1) is 0 Å². The molecule has 8 nitrogen and oxygen atoms in total. The molecular weight excluding hydrogens is 388 g/mol. The number of hydrogen-bond acceptors (Lipinski definition) is 6. The number of hydrogen-bond donors (Lipinski definition) is 4. The highest BCUT2D eigenvalue weighted by Gasteiger charge is 2.13. The van der Waals surface area contributed by atoms with E-state index < -0.39 is 12.1 Å². The van der Waals surface area contributed by atoms with Gasteiger partial charge in [0.2, 0.25) is 11.8 Å². The maximum absolute atomic E-state index is 11.6. The molecule has 6 amide bonds. The molecule has 4 N–H and O–H groups in total. The first-order chi connectivity index (χ1) is 12.6. The van der Waals surface area contributed by atoms with Crippen molar-refractivity contribution in [3.63, 3.8) is 0 Å². The second-order valence-electron chi connectivity index (χ2n) is 7.14. The van der Waals surface area contributed by atoms with E-state index in [-0.39, 0.29) is 23.0 Å². The molecule has 0 aliphatic rings. The van der Waals surface area contributed by atoms with Crippen LogP contribution in [0.5, 0.6) is 0 Å². The Kier molecular flexibility index (Phi) is 13.8. The molecule has 0 aliphatic carbocycles. The van der Waals surface area contributed by atoms with Crippen molar-refractivity contribution in [3.05, 3.63) is 0 Å². The molecule has 0 fully saturated rings. The molecule has 27 heavy (non-hydrogen) atoms. The van der Waals surface area contributed by atoms with Crippen LogP contribution in [0.15, 0.2) is 0 Å². The monoisotopic (exact) mass is 420 g/mol. The van der Waals surface area contributed by atoms with Gasteiger partial charge in [-0.25, -0.2) is 9.59 Å². The van der Waals surface area contributed by atoms with Gasteiger partial charge in [0.05, 0.1) is 5.75 Å². The van der Waals surface area contributed by atoms with Crippen LogP contribution in [0.1, 0.15) is 53.4 Å². The predicted molar refractivity (Wildman–Crippen MR) is 112 cm³/mol. The molecule has 0 aromatic carbocycles. The van der Waals surface area contributed by atoms with Gasteiger partial charge in [0.15, 0.2) is 0 Å². The largest absolute Gasteiger partial charge is 0.337 e. The lowest BCUT2D eigenvalue weighted by molar-refractivity contribution is -0.120. The molecule has 0 saturated heterocycles. The number of urea groups is 2. The molecule has 0 heterocycles. The number of amides is 6. The molecule has 0 atom stereocenters. The molecule has 0 aromatic heterocycles. The summed E-state index contributed by atoms with van der Waals surface area (Å²) in [7, 11) is 2.69. The van der Waals surface area contributed by atoms with Crippen LogP contribution in [-0.2, 0) is 9.59 Å². The SMILES string of the molecule is CCCCCC(=O)NC(=O)NCCSSCC(=O)NC(=O)NCC(C)(C)C. The van der Waals surface area contributed by atoms with Crippen molar-refractivity contribution in [2.24, 2.45) is 5.41 Å². The molecule has 0 aliphatic heterocycles. The van der Waals surface area contributed by atoms with Crippen LogP contribution in [0.3, 0.4) is 0 Å². The highest BCUT2D eigenvalue weighted by atomic mass is 33.1. The minimum atomic E-state index is -0.504. The number of imide groups is 2. The normalized spacial score (nSPS) is 10.8. The Labute approximate surface area is 169 Å². The third-order valence-corrected chi connectivity index (χ3v) is 5.31. The van der Waals surface area contributed by atoms with Crippen LogP contribution >= 0.6 is 21.6 Å². The fourth-order valence-corrected chi connectivity index (χ4v) is 3.42. The summed E-state index contributed by atoms with van der Waals surface area (Å²) in [4.78, 5) is 46.1. The van der Waals surface area contributed by atoms with Crippen molar-refractivity contribution in [1.29, 1.82) is 0 Å². The summed E-state index contributed by atoms with van der Waals surface area (Å²) >= 11 is 0. The average Bonchev–Trinajstić information content (AvgIpc) is 2.55. The number of nitrogens with one attached hydrogen (secondary N) is 4. The van der Waals surface area contributed by atoms with Crippen molar-refractivity contribution in [1.82, 2.24) is 21.3 Å². The first kappa shape index (κ1) is 25.6. The van der Waals surface area contributed by atoms with Crippen molar-refractivity contribution < 1.29 is 19.2 Å². The Bertz CT molecular complexity index is 496. The first-order valence-electron chi connectivity index (χ1n) is 9.04. The Morgan fingerprint density at radius 1 is 0.852 bits per heavy atom. The highest BCUT2D eigenvalue weighted by molar-refractivity contribution is 8.76. The minimum absolute atomic E-state index is 0.0512. The van der Waals surface area contributed by atoms with Gasteiger partial charge in [-0.1, -0.05) is 62.1 Å². The van der Waals surface area contributed by atoms with Crippen molar-refractivity contribution in [2.75, 3.05) is 24.6 Å². The Morgan fingerprint density at radius 3 is 2.11 bits per heavy atom. The predicted octanol–water partition coefficient (Wildman–Crippen LogP) is 2.65. The van der Waals surface area contributed by atoms with Crippen LogP contribution in [0.25, 0.3) is 0 Å². The zero-order valence-electron chi connectivity index (χ0n) is 16.6. The van der Waals surface area contributed by atoms with Gasteiger partial charge in [0.1, 0.15) is 0 Å². The number of rotatable bonds is 11. The summed E-state index contributed by atoms with van der Waals surface area (Å²) < 4.78 is 0. The van der Waals surface area contributed by atoms with E-state index in [4.69, 9.17) is 0 Å². The highest BCUT2D eigenvalue weighted by Crippen LogP contribution is 2.19. The van der Waals surface area contributed by atoms with Crippen molar-refractivity contribution >= 4 is 45.5 Å². The summed E-state index contributed by atoms with van der Waals surface area (Å²) in [6.45, 7) is 8.85. The van der Waals surface area contributed by atoms with Crippen LogP contribution in [0.2, 0.25) is 0 Å². The molecule has 0 rings (SSSR count). The fourth-order valence-electron chi connectivity index (χ4n) is 1.68. The number of carbonyl (C=O) groups is 4. The van der Waals surface area contributed by atoms with E-state index in [1.165, 1.54) is 21.6 Å². The van der Waals surface area contributed by atoms with Crippen LogP contribution < -0.4 is 21.3 Å².